The zero-order chi connectivity index (χ0) is 9.80. The van der Waals surface area contributed by atoms with E-state index in [0.717, 1.165) is 6.54 Å². The second-order valence-corrected chi connectivity index (χ2v) is 4.71. The molecule has 1 aromatic heterocycles. The fraction of sp³-hybridized carbons (Fsp3) is 0.778. The van der Waals surface area contributed by atoms with Gasteiger partial charge in [0.15, 0.2) is 0 Å². The lowest BCUT2D eigenvalue weighted by Gasteiger charge is -2.29. The lowest BCUT2D eigenvalue weighted by molar-refractivity contribution is 0.234. The smallest absolute Gasteiger partial charge is 0.0666 e. The maximum absolute atomic E-state index is 3.84. The minimum atomic E-state index is 0.674. The van der Waals surface area contributed by atoms with Gasteiger partial charge in [-0.05, 0) is 44.5 Å². The van der Waals surface area contributed by atoms with Gasteiger partial charge in [-0.25, -0.2) is 0 Å². The molecule has 2 rings (SSSR count). The van der Waals surface area contributed by atoms with E-state index in [1.54, 1.807) is 0 Å². The maximum atomic E-state index is 3.84. The number of rotatable bonds is 3. The fourth-order valence-corrected chi connectivity index (χ4v) is 2.16. The fourth-order valence-electron chi connectivity index (χ4n) is 1.72. The Balaban J connectivity index is 1.71. The zero-order valence-electron chi connectivity index (χ0n) is 8.44. The highest BCUT2D eigenvalue weighted by Crippen LogP contribution is 2.09. The van der Waals surface area contributed by atoms with E-state index < -0.39 is 0 Å². The SMILES string of the molecule is CN1CCC(NCc2cnns2)CC1. The first-order valence-corrected chi connectivity index (χ1v) is 5.80. The molecule has 1 aliphatic rings. The molecule has 0 spiro atoms. The Morgan fingerprint density at radius 1 is 1.57 bits per heavy atom. The molecule has 0 bridgehead atoms. The summed E-state index contributed by atoms with van der Waals surface area (Å²) in [6.07, 6.45) is 4.35. The van der Waals surface area contributed by atoms with Crippen molar-refractivity contribution in [3.8, 4) is 0 Å². The topological polar surface area (TPSA) is 41.0 Å². The second kappa shape index (κ2) is 4.82. The van der Waals surface area contributed by atoms with Crippen LogP contribution in [0.1, 0.15) is 17.7 Å². The van der Waals surface area contributed by atoms with E-state index in [-0.39, 0.29) is 0 Å². The van der Waals surface area contributed by atoms with Gasteiger partial charge in [-0.15, -0.1) is 5.10 Å². The van der Waals surface area contributed by atoms with Gasteiger partial charge in [0.2, 0.25) is 0 Å². The third kappa shape index (κ3) is 2.73. The molecule has 1 aliphatic heterocycles. The molecule has 1 saturated heterocycles. The first kappa shape index (κ1) is 10.0. The molecule has 1 fully saturated rings. The van der Waals surface area contributed by atoms with Gasteiger partial charge in [0.25, 0.3) is 0 Å². The maximum Gasteiger partial charge on any atom is 0.0666 e. The molecular formula is C9H16N4S. The van der Waals surface area contributed by atoms with E-state index in [4.69, 9.17) is 0 Å². The summed E-state index contributed by atoms with van der Waals surface area (Å²) in [5.41, 5.74) is 0. The third-order valence-corrected chi connectivity index (χ3v) is 3.35. The summed E-state index contributed by atoms with van der Waals surface area (Å²) in [7, 11) is 2.18. The molecule has 2 heterocycles. The molecule has 5 heteroatoms. The number of nitrogens with one attached hydrogen (secondary N) is 1. The second-order valence-electron chi connectivity index (χ2n) is 3.84. The zero-order valence-corrected chi connectivity index (χ0v) is 9.26. The number of aromatic nitrogens is 2. The highest BCUT2D eigenvalue weighted by atomic mass is 32.1. The van der Waals surface area contributed by atoms with Crippen molar-refractivity contribution in [2.45, 2.75) is 25.4 Å². The first-order valence-electron chi connectivity index (χ1n) is 5.03. The van der Waals surface area contributed by atoms with Crippen molar-refractivity contribution in [2.75, 3.05) is 20.1 Å². The molecule has 78 valence electrons. The molecule has 0 amide bonds. The van der Waals surface area contributed by atoms with Crippen LogP contribution >= 0.6 is 11.5 Å². The van der Waals surface area contributed by atoms with Crippen LogP contribution in [-0.4, -0.2) is 40.7 Å². The van der Waals surface area contributed by atoms with Gasteiger partial charge < -0.3 is 10.2 Å². The monoisotopic (exact) mass is 212 g/mol. The lowest BCUT2D eigenvalue weighted by Crippen LogP contribution is -2.40. The van der Waals surface area contributed by atoms with E-state index in [1.165, 1.54) is 42.3 Å². The van der Waals surface area contributed by atoms with E-state index in [1.807, 2.05) is 6.20 Å². The molecular weight excluding hydrogens is 196 g/mol. The highest BCUT2D eigenvalue weighted by Gasteiger charge is 2.15. The summed E-state index contributed by atoms with van der Waals surface area (Å²) in [5, 5.41) is 7.37. The van der Waals surface area contributed by atoms with E-state index in [9.17, 15) is 0 Å². The van der Waals surface area contributed by atoms with Crippen molar-refractivity contribution in [1.82, 2.24) is 19.8 Å². The van der Waals surface area contributed by atoms with Crippen LogP contribution in [-0.2, 0) is 6.54 Å². The van der Waals surface area contributed by atoms with Crippen molar-refractivity contribution in [3.63, 3.8) is 0 Å². The van der Waals surface area contributed by atoms with Crippen LogP contribution in [0.3, 0.4) is 0 Å². The summed E-state index contributed by atoms with van der Waals surface area (Å²) in [5.74, 6) is 0. The van der Waals surface area contributed by atoms with Crippen LogP contribution in [0.4, 0.5) is 0 Å². The summed E-state index contributed by atoms with van der Waals surface area (Å²) in [6, 6.07) is 0.674. The van der Waals surface area contributed by atoms with Crippen molar-refractivity contribution >= 4 is 11.5 Å². The average molecular weight is 212 g/mol. The Hall–Kier alpha value is -0.520. The Morgan fingerprint density at radius 2 is 2.36 bits per heavy atom. The van der Waals surface area contributed by atoms with Crippen molar-refractivity contribution in [3.05, 3.63) is 11.1 Å². The predicted molar refractivity (Wildman–Crippen MR) is 57.3 cm³/mol. The van der Waals surface area contributed by atoms with Crippen molar-refractivity contribution < 1.29 is 0 Å². The summed E-state index contributed by atoms with van der Waals surface area (Å²) in [6.45, 7) is 3.34. The molecule has 4 nitrogen and oxygen atoms in total. The van der Waals surface area contributed by atoms with Crippen molar-refractivity contribution in [1.29, 1.82) is 0 Å². The van der Waals surface area contributed by atoms with Crippen LogP contribution < -0.4 is 5.32 Å². The molecule has 0 saturated carbocycles. The number of hydrogen-bond acceptors (Lipinski definition) is 5. The quantitative estimate of drug-likeness (QED) is 0.801. The minimum absolute atomic E-state index is 0.674. The lowest BCUT2D eigenvalue weighted by atomic mass is 10.1. The molecule has 0 aromatic carbocycles. The van der Waals surface area contributed by atoms with Gasteiger partial charge in [-0.1, -0.05) is 4.49 Å². The van der Waals surface area contributed by atoms with E-state index >= 15 is 0 Å². The minimum Gasteiger partial charge on any atom is -0.309 e. The van der Waals surface area contributed by atoms with Crippen LogP contribution in [0, 0.1) is 0 Å². The van der Waals surface area contributed by atoms with E-state index in [0.29, 0.717) is 6.04 Å². The number of hydrogen-bond donors (Lipinski definition) is 1. The summed E-state index contributed by atoms with van der Waals surface area (Å²) >= 11 is 1.48. The van der Waals surface area contributed by atoms with Crippen molar-refractivity contribution in [2.24, 2.45) is 0 Å². The molecule has 0 unspecified atom stereocenters. The molecule has 0 radical (unpaired) electrons. The third-order valence-electron chi connectivity index (χ3n) is 2.69. The van der Waals surface area contributed by atoms with E-state index in [2.05, 4.69) is 26.9 Å². The van der Waals surface area contributed by atoms with Gasteiger partial charge in [0, 0.05) is 12.6 Å². The van der Waals surface area contributed by atoms with Crippen LogP contribution in [0.5, 0.6) is 0 Å². The summed E-state index contributed by atoms with van der Waals surface area (Å²) in [4.78, 5) is 3.61. The Morgan fingerprint density at radius 3 is 3.00 bits per heavy atom. The van der Waals surface area contributed by atoms with Gasteiger partial charge in [0.1, 0.15) is 0 Å². The van der Waals surface area contributed by atoms with Gasteiger partial charge >= 0.3 is 0 Å². The standard InChI is InChI=1S/C9H16N4S/c1-13-4-2-8(3-5-13)10-6-9-7-11-12-14-9/h7-8,10H,2-6H2,1H3. The first-order chi connectivity index (χ1) is 6.84. The Labute approximate surface area is 88.5 Å². The summed E-state index contributed by atoms with van der Waals surface area (Å²) < 4.78 is 3.84. The molecule has 0 atom stereocenters. The van der Waals surface area contributed by atoms with Gasteiger partial charge in [-0.2, -0.15) is 0 Å². The van der Waals surface area contributed by atoms with Crippen LogP contribution in [0.25, 0.3) is 0 Å². The van der Waals surface area contributed by atoms with Gasteiger partial charge in [-0.3, -0.25) is 0 Å². The number of likely N-dealkylation sites (tertiary alicyclic amines) is 1. The molecule has 1 N–H and O–H groups in total. The highest BCUT2D eigenvalue weighted by molar-refractivity contribution is 7.05. The molecule has 0 aliphatic carbocycles. The predicted octanol–water partition coefficient (Wildman–Crippen LogP) is 0.722. The molecule has 14 heavy (non-hydrogen) atoms. The number of piperidine rings is 1. The Kier molecular flexibility index (Phi) is 3.44. The molecule has 1 aromatic rings. The largest absolute Gasteiger partial charge is 0.309 e. The average Bonchev–Trinajstić information content (AvgIpc) is 2.70. The normalized spacial score (nSPS) is 20.1. The van der Waals surface area contributed by atoms with Crippen LogP contribution in [0.15, 0.2) is 6.20 Å². The van der Waals surface area contributed by atoms with Gasteiger partial charge in [0.05, 0.1) is 11.1 Å². The Bertz CT molecular complexity index is 254. The van der Waals surface area contributed by atoms with Crippen LogP contribution in [0.2, 0.25) is 0 Å². The number of nitrogens with zero attached hydrogens (tertiary/aromatic N) is 3.